The first kappa shape index (κ1) is 30.0. The molecule has 2 aromatic rings. The van der Waals surface area contributed by atoms with Crippen molar-refractivity contribution in [3.8, 4) is 5.75 Å². The summed E-state index contributed by atoms with van der Waals surface area (Å²) in [5.74, 6) is -1.81. The van der Waals surface area contributed by atoms with Crippen molar-refractivity contribution in [3.63, 3.8) is 0 Å². The molecule has 202 valence electrons. The third-order valence-electron chi connectivity index (χ3n) is 5.47. The summed E-state index contributed by atoms with van der Waals surface area (Å²) < 4.78 is 8.81. The van der Waals surface area contributed by atoms with Crippen LogP contribution in [0.2, 0.25) is 0 Å². The zero-order valence-corrected chi connectivity index (χ0v) is 23.8. The summed E-state index contributed by atoms with van der Waals surface area (Å²) in [6, 6.07) is 17.9. The SMILES string of the molecule is CC(C)=C(C(=O)OCC(Cl)(Cl)Cl)N1C(=O)[C@@H](CC(=O)Cc2ccccc2)[C@H]1SC(=O)COc1ccccc1. The standard InChI is InChI=1S/C27H26Cl3NO6S/c1-17(2)23(26(35)37-16-27(28,29)30)31-24(34)21(14-19(32)13-18-9-5-3-6-10-18)25(31)38-22(33)15-36-20-11-7-4-8-12-20/h3-12,21,25H,13-16H2,1-2H3/t21-,25-/m1/s1. The third kappa shape index (κ3) is 8.50. The predicted octanol–water partition coefficient (Wildman–Crippen LogP) is 5.52. The Morgan fingerprint density at radius 3 is 2.16 bits per heavy atom. The Morgan fingerprint density at radius 1 is 0.974 bits per heavy atom. The van der Waals surface area contributed by atoms with Gasteiger partial charge in [0.25, 0.3) is 0 Å². The summed E-state index contributed by atoms with van der Waals surface area (Å²) in [5, 5.41) is -1.20. The summed E-state index contributed by atoms with van der Waals surface area (Å²) in [5.41, 5.74) is 1.21. The lowest BCUT2D eigenvalue weighted by molar-refractivity contribution is -0.155. The highest BCUT2D eigenvalue weighted by molar-refractivity contribution is 8.14. The molecule has 0 bridgehead atoms. The zero-order chi connectivity index (χ0) is 27.9. The van der Waals surface area contributed by atoms with Crippen LogP contribution in [0.4, 0.5) is 0 Å². The maximum Gasteiger partial charge on any atom is 0.355 e. The number of alkyl halides is 3. The molecule has 1 heterocycles. The molecule has 0 aromatic heterocycles. The number of allylic oxidation sites excluding steroid dienone is 1. The van der Waals surface area contributed by atoms with Gasteiger partial charge in [0.05, 0.1) is 5.92 Å². The number of nitrogens with zero attached hydrogens (tertiary/aromatic N) is 1. The lowest BCUT2D eigenvalue weighted by Crippen LogP contribution is -2.60. The number of rotatable bonds is 11. The maximum absolute atomic E-state index is 13.3. The number of hydrogen-bond acceptors (Lipinski definition) is 7. The fourth-order valence-electron chi connectivity index (χ4n) is 3.81. The van der Waals surface area contributed by atoms with Crippen LogP contribution >= 0.6 is 46.6 Å². The fraction of sp³-hybridized carbons (Fsp3) is 0.333. The molecule has 7 nitrogen and oxygen atoms in total. The number of halogens is 3. The summed E-state index contributed by atoms with van der Waals surface area (Å²) in [6.45, 7) is 2.44. The molecule has 0 spiro atoms. The Balaban J connectivity index is 1.77. The molecule has 1 aliphatic rings. The highest BCUT2D eigenvalue weighted by atomic mass is 35.6. The average Bonchev–Trinajstić information content (AvgIpc) is 2.87. The van der Waals surface area contributed by atoms with Gasteiger partial charge in [0.15, 0.2) is 6.61 Å². The number of carbonyl (C=O) groups excluding carboxylic acids is 4. The largest absolute Gasteiger partial charge is 0.485 e. The van der Waals surface area contributed by atoms with Crippen LogP contribution in [-0.2, 0) is 30.3 Å². The van der Waals surface area contributed by atoms with Crippen molar-refractivity contribution in [2.75, 3.05) is 13.2 Å². The van der Waals surface area contributed by atoms with Gasteiger partial charge in [-0.05, 0) is 37.1 Å². The van der Waals surface area contributed by atoms with Gasteiger partial charge in [0, 0.05) is 12.8 Å². The average molecular weight is 599 g/mol. The van der Waals surface area contributed by atoms with Gasteiger partial charge in [-0.15, -0.1) is 0 Å². The first-order chi connectivity index (χ1) is 18.0. The van der Waals surface area contributed by atoms with Crippen molar-refractivity contribution in [2.24, 2.45) is 5.92 Å². The van der Waals surface area contributed by atoms with E-state index in [1.807, 2.05) is 36.4 Å². The molecule has 11 heteroatoms. The molecule has 0 radical (unpaired) electrons. The Labute approximate surface area is 240 Å². The van der Waals surface area contributed by atoms with Crippen molar-refractivity contribution in [1.82, 2.24) is 4.90 Å². The van der Waals surface area contributed by atoms with Crippen LogP contribution in [0.5, 0.6) is 5.75 Å². The van der Waals surface area contributed by atoms with Gasteiger partial charge in [-0.3, -0.25) is 19.3 Å². The van der Waals surface area contributed by atoms with Crippen molar-refractivity contribution in [1.29, 1.82) is 0 Å². The topological polar surface area (TPSA) is 90.0 Å². The third-order valence-corrected chi connectivity index (χ3v) is 6.96. The van der Waals surface area contributed by atoms with Crippen LogP contribution in [-0.4, -0.2) is 50.1 Å². The number of amides is 1. The predicted molar refractivity (Wildman–Crippen MR) is 148 cm³/mol. The lowest BCUT2D eigenvalue weighted by atomic mass is 9.89. The van der Waals surface area contributed by atoms with Gasteiger partial charge in [0.1, 0.15) is 29.2 Å². The second kappa shape index (κ2) is 13.5. The minimum Gasteiger partial charge on any atom is -0.485 e. The summed E-state index contributed by atoms with van der Waals surface area (Å²) in [7, 11) is 0. The van der Waals surface area contributed by atoms with E-state index in [9.17, 15) is 19.2 Å². The molecule has 2 atom stereocenters. The van der Waals surface area contributed by atoms with Crippen LogP contribution in [0, 0.1) is 5.92 Å². The molecule has 0 unspecified atom stereocenters. The number of Topliss-reactive ketones (excluding diaryl/α,β-unsaturated/α-hetero) is 1. The molecular weight excluding hydrogens is 573 g/mol. The molecule has 1 fully saturated rings. The quantitative estimate of drug-likeness (QED) is 0.146. The number of likely N-dealkylation sites (tertiary alicyclic amines) is 1. The van der Waals surface area contributed by atoms with Crippen LogP contribution in [0.1, 0.15) is 25.8 Å². The van der Waals surface area contributed by atoms with Crippen molar-refractivity contribution < 1.29 is 28.7 Å². The van der Waals surface area contributed by atoms with E-state index in [-0.39, 0.29) is 36.0 Å². The fourth-order valence-corrected chi connectivity index (χ4v) is 5.06. The minimum absolute atomic E-state index is 0.0645. The number of ketones is 1. The molecule has 0 saturated carbocycles. The smallest absolute Gasteiger partial charge is 0.355 e. The first-order valence-corrected chi connectivity index (χ1v) is 13.6. The van der Waals surface area contributed by atoms with E-state index in [1.165, 1.54) is 4.90 Å². The van der Waals surface area contributed by atoms with Crippen LogP contribution < -0.4 is 4.74 Å². The number of thioether (sulfide) groups is 1. The van der Waals surface area contributed by atoms with Gasteiger partial charge in [0.2, 0.25) is 14.8 Å². The molecule has 3 rings (SSSR count). The molecule has 38 heavy (non-hydrogen) atoms. The normalized spacial score (nSPS) is 16.9. The van der Waals surface area contributed by atoms with Gasteiger partial charge < -0.3 is 9.47 Å². The molecule has 2 aromatic carbocycles. The van der Waals surface area contributed by atoms with E-state index in [4.69, 9.17) is 44.3 Å². The van der Waals surface area contributed by atoms with E-state index in [0.29, 0.717) is 11.3 Å². The van der Waals surface area contributed by atoms with E-state index < -0.39 is 33.6 Å². The first-order valence-electron chi connectivity index (χ1n) is 11.6. The number of esters is 1. The number of carbonyl (C=O) groups is 4. The Hall–Kier alpha value is -2.52. The van der Waals surface area contributed by atoms with Crippen molar-refractivity contribution in [3.05, 3.63) is 77.5 Å². The van der Waals surface area contributed by atoms with Gasteiger partial charge in [-0.25, -0.2) is 4.79 Å². The van der Waals surface area contributed by atoms with Crippen LogP contribution in [0.15, 0.2) is 71.9 Å². The zero-order valence-electron chi connectivity index (χ0n) is 20.7. The Kier molecular flexibility index (Phi) is 10.7. The van der Waals surface area contributed by atoms with E-state index in [2.05, 4.69) is 0 Å². The van der Waals surface area contributed by atoms with Gasteiger partial charge in [-0.1, -0.05) is 95.1 Å². The Bertz CT molecular complexity index is 1200. The van der Waals surface area contributed by atoms with E-state index in [0.717, 1.165) is 17.3 Å². The number of hydrogen-bond donors (Lipinski definition) is 0. The summed E-state index contributed by atoms with van der Waals surface area (Å²) >= 11 is 17.9. The molecule has 0 aliphatic carbocycles. The summed E-state index contributed by atoms with van der Waals surface area (Å²) in [4.78, 5) is 53.0. The van der Waals surface area contributed by atoms with Crippen molar-refractivity contribution >= 4 is 69.3 Å². The maximum atomic E-state index is 13.3. The molecular formula is C27H26Cl3NO6S. The van der Waals surface area contributed by atoms with E-state index in [1.54, 1.807) is 38.1 Å². The molecule has 1 saturated heterocycles. The highest BCUT2D eigenvalue weighted by Crippen LogP contribution is 2.42. The number of benzene rings is 2. The molecule has 1 amide bonds. The van der Waals surface area contributed by atoms with Crippen LogP contribution in [0.3, 0.4) is 0 Å². The molecule has 0 N–H and O–H groups in total. The van der Waals surface area contributed by atoms with Crippen molar-refractivity contribution in [2.45, 2.75) is 35.9 Å². The minimum atomic E-state index is -1.84. The lowest BCUT2D eigenvalue weighted by Gasteiger charge is -2.46. The van der Waals surface area contributed by atoms with E-state index >= 15 is 0 Å². The highest BCUT2D eigenvalue weighted by Gasteiger charge is 2.52. The second-order valence-corrected chi connectivity index (χ2v) is 12.4. The number of para-hydroxylation sites is 1. The van der Waals surface area contributed by atoms with Crippen LogP contribution in [0.25, 0.3) is 0 Å². The Morgan fingerprint density at radius 2 is 1.58 bits per heavy atom. The monoisotopic (exact) mass is 597 g/mol. The number of β-lactam (4-membered cyclic amide) rings is 1. The van der Waals surface area contributed by atoms with Gasteiger partial charge in [-0.2, -0.15) is 0 Å². The second-order valence-electron chi connectivity index (χ2n) is 8.74. The number of ether oxygens (including phenoxy) is 2. The van der Waals surface area contributed by atoms with Gasteiger partial charge >= 0.3 is 5.97 Å². The molecule has 1 aliphatic heterocycles. The summed E-state index contributed by atoms with van der Waals surface area (Å²) in [6.07, 6.45) is 0.0574.